The first-order valence-corrected chi connectivity index (χ1v) is 9.74. The molecule has 0 saturated carbocycles. The molecule has 1 aliphatic rings. The second-order valence-corrected chi connectivity index (χ2v) is 7.29. The minimum absolute atomic E-state index is 0.000562. The molecule has 0 aliphatic carbocycles. The van der Waals surface area contributed by atoms with E-state index in [1.807, 2.05) is 6.07 Å². The van der Waals surface area contributed by atoms with Crippen molar-refractivity contribution in [2.75, 3.05) is 6.54 Å². The lowest BCUT2D eigenvalue weighted by atomic mass is 10.2. The van der Waals surface area contributed by atoms with E-state index in [2.05, 4.69) is 15.6 Å². The Morgan fingerprint density at radius 1 is 1.13 bits per heavy atom. The quantitative estimate of drug-likeness (QED) is 0.694. The van der Waals surface area contributed by atoms with Crippen molar-refractivity contribution < 1.29 is 14.4 Å². The minimum atomic E-state index is -0.470. The minimum Gasteiger partial charge on any atom is -0.350 e. The van der Waals surface area contributed by atoms with Crippen molar-refractivity contribution in [2.24, 2.45) is 4.99 Å². The van der Waals surface area contributed by atoms with E-state index in [1.165, 1.54) is 6.92 Å². The van der Waals surface area contributed by atoms with Crippen LogP contribution in [0.4, 0.5) is 0 Å². The van der Waals surface area contributed by atoms with E-state index in [0.717, 1.165) is 16.0 Å². The van der Waals surface area contributed by atoms with Crippen molar-refractivity contribution in [1.29, 1.82) is 0 Å². The highest BCUT2D eigenvalue weighted by Crippen LogP contribution is 2.16. The van der Waals surface area contributed by atoms with Crippen molar-refractivity contribution in [3.8, 4) is 0 Å². The van der Waals surface area contributed by atoms with Crippen LogP contribution < -0.4 is 10.6 Å². The lowest BCUT2D eigenvalue weighted by Crippen LogP contribution is -2.47. The highest BCUT2D eigenvalue weighted by Gasteiger charge is 2.28. The molecule has 0 saturated heterocycles. The van der Waals surface area contributed by atoms with Gasteiger partial charge in [-0.3, -0.25) is 24.6 Å². The molecule has 154 valence electrons. The van der Waals surface area contributed by atoms with Crippen LogP contribution in [0, 0.1) is 0 Å². The van der Waals surface area contributed by atoms with Crippen molar-refractivity contribution in [3.63, 3.8) is 0 Å². The smallest absolute Gasteiger partial charge is 0.276 e. The first kappa shape index (κ1) is 21.5. The average molecular weight is 445 g/mol. The van der Waals surface area contributed by atoms with Crippen LogP contribution in [0.3, 0.4) is 0 Å². The Morgan fingerprint density at radius 2 is 1.83 bits per heavy atom. The maximum absolute atomic E-state index is 12.3. The molecule has 0 bridgehead atoms. The highest BCUT2D eigenvalue weighted by molar-refractivity contribution is 6.31. The molecule has 3 amide bonds. The van der Waals surface area contributed by atoms with Crippen LogP contribution in [0.5, 0.6) is 0 Å². The molecule has 2 aromatic rings. The zero-order valence-corrected chi connectivity index (χ0v) is 17.5. The Hall–Kier alpha value is -3.16. The van der Waals surface area contributed by atoms with Gasteiger partial charge in [0.2, 0.25) is 17.8 Å². The van der Waals surface area contributed by atoms with Gasteiger partial charge in [0.15, 0.2) is 0 Å². The Balaban J connectivity index is 1.70. The first-order chi connectivity index (χ1) is 14.3. The number of halogens is 2. The van der Waals surface area contributed by atoms with Crippen molar-refractivity contribution in [3.05, 3.63) is 75.4 Å². The van der Waals surface area contributed by atoms with Gasteiger partial charge in [-0.05, 0) is 35.4 Å². The zero-order valence-electron chi connectivity index (χ0n) is 16.0. The van der Waals surface area contributed by atoms with Crippen LogP contribution in [0.25, 0.3) is 6.08 Å². The molecule has 0 unspecified atom stereocenters. The molecule has 2 aromatic carbocycles. The molecular weight excluding hydrogens is 427 g/mol. The summed E-state index contributed by atoms with van der Waals surface area (Å²) in [4.78, 5) is 41.9. The summed E-state index contributed by atoms with van der Waals surface area (Å²) in [5, 5.41) is 6.34. The van der Waals surface area contributed by atoms with E-state index >= 15 is 0 Å². The van der Waals surface area contributed by atoms with E-state index in [0.29, 0.717) is 10.0 Å². The van der Waals surface area contributed by atoms with Crippen molar-refractivity contribution in [2.45, 2.75) is 13.5 Å². The fraction of sp³-hybridized carbons (Fsp3) is 0.143. The summed E-state index contributed by atoms with van der Waals surface area (Å²) in [6.45, 7) is 1.20. The van der Waals surface area contributed by atoms with Gasteiger partial charge < -0.3 is 5.32 Å². The number of benzene rings is 2. The van der Waals surface area contributed by atoms with E-state index < -0.39 is 17.7 Å². The lowest BCUT2D eigenvalue weighted by Gasteiger charge is -2.19. The van der Waals surface area contributed by atoms with Crippen LogP contribution in [0.15, 0.2) is 59.2 Å². The molecule has 0 aromatic heterocycles. The number of carbonyl (C=O) groups excluding carboxylic acids is 3. The van der Waals surface area contributed by atoms with Crippen molar-refractivity contribution >= 4 is 53.0 Å². The third-order valence-corrected chi connectivity index (χ3v) is 4.85. The number of amides is 3. The molecule has 30 heavy (non-hydrogen) atoms. The molecule has 0 fully saturated rings. The van der Waals surface area contributed by atoms with Crippen LogP contribution >= 0.6 is 23.2 Å². The molecule has 0 spiro atoms. The molecule has 0 atom stereocenters. The number of hydrogen-bond donors (Lipinski definition) is 2. The summed E-state index contributed by atoms with van der Waals surface area (Å²) < 4.78 is 0. The largest absolute Gasteiger partial charge is 0.350 e. The molecular formula is C21H18Cl2N4O3. The van der Waals surface area contributed by atoms with E-state index in [4.69, 9.17) is 23.2 Å². The number of aliphatic imine (C=N–C) groups is 1. The van der Waals surface area contributed by atoms with Crippen LogP contribution in [-0.2, 0) is 20.9 Å². The molecule has 9 heteroatoms. The topological polar surface area (TPSA) is 90.9 Å². The normalized spacial score (nSPS) is 14.3. The molecule has 7 nitrogen and oxygen atoms in total. The summed E-state index contributed by atoms with van der Waals surface area (Å²) in [5.74, 6) is -1.32. The summed E-state index contributed by atoms with van der Waals surface area (Å²) >= 11 is 11.9. The lowest BCUT2D eigenvalue weighted by molar-refractivity contribution is -0.131. The Morgan fingerprint density at radius 3 is 2.50 bits per heavy atom. The predicted octanol–water partition coefficient (Wildman–Crippen LogP) is 2.99. The zero-order chi connectivity index (χ0) is 21.7. The summed E-state index contributed by atoms with van der Waals surface area (Å²) in [5.41, 5.74) is 1.60. The van der Waals surface area contributed by atoms with Gasteiger partial charge in [-0.2, -0.15) is 0 Å². The average Bonchev–Trinajstić information content (AvgIpc) is 3.07. The summed E-state index contributed by atoms with van der Waals surface area (Å²) in [7, 11) is 0. The molecule has 2 N–H and O–H groups in total. The van der Waals surface area contributed by atoms with Gasteiger partial charge in [0, 0.05) is 23.5 Å². The Bertz CT molecular complexity index is 1050. The summed E-state index contributed by atoms with van der Waals surface area (Å²) in [6.07, 6.45) is 1.56. The first-order valence-electron chi connectivity index (χ1n) is 8.99. The standard InChI is InChI=1S/C21H18Cl2N4O3/c1-13(28)27(12-19(29)24-11-15-4-2-3-5-17(15)23)21-25-18(20(30)26-21)10-14-6-8-16(22)9-7-14/h2-10H,11-12H2,1H3,(H,24,29)(H,25,26,30). The number of rotatable bonds is 5. The van der Waals surface area contributed by atoms with E-state index in [1.54, 1.807) is 48.5 Å². The molecule has 1 heterocycles. The van der Waals surface area contributed by atoms with Gasteiger partial charge in [-0.25, -0.2) is 4.99 Å². The second kappa shape index (κ2) is 9.56. The maximum atomic E-state index is 12.3. The Kier molecular flexibility index (Phi) is 6.87. The third kappa shape index (κ3) is 5.46. The van der Waals surface area contributed by atoms with Gasteiger partial charge in [-0.15, -0.1) is 0 Å². The van der Waals surface area contributed by atoms with Crippen LogP contribution in [0.1, 0.15) is 18.1 Å². The predicted molar refractivity (Wildman–Crippen MR) is 116 cm³/mol. The van der Waals surface area contributed by atoms with Gasteiger partial charge in [0.25, 0.3) is 5.91 Å². The SMILES string of the molecule is CC(=O)N(CC(=O)NCc1ccccc1Cl)C1=NC(=Cc2ccc(Cl)cc2)C(=O)N1. The van der Waals surface area contributed by atoms with Crippen LogP contribution in [0.2, 0.25) is 10.0 Å². The van der Waals surface area contributed by atoms with Crippen LogP contribution in [-0.4, -0.2) is 35.1 Å². The molecule has 3 rings (SSSR count). The maximum Gasteiger partial charge on any atom is 0.276 e. The number of hydrogen-bond acceptors (Lipinski definition) is 4. The second-order valence-electron chi connectivity index (χ2n) is 6.44. The summed E-state index contributed by atoms with van der Waals surface area (Å²) in [6, 6.07) is 14.0. The van der Waals surface area contributed by atoms with Crippen molar-refractivity contribution in [1.82, 2.24) is 15.5 Å². The van der Waals surface area contributed by atoms with Gasteiger partial charge >= 0.3 is 0 Å². The molecule has 1 aliphatic heterocycles. The monoisotopic (exact) mass is 444 g/mol. The number of nitrogens with zero attached hydrogens (tertiary/aromatic N) is 2. The fourth-order valence-electron chi connectivity index (χ4n) is 2.67. The molecule has 0 radical (unpaired) electrons. The van der Waals surface area contributed by atoms with Gasteiger partial charge in [0.1, 0.15) is 12.2 Å². The van der Waals surface area contributed by atoms with E-state index in [-0.39, 0.29) is 24.7 Å². The highest BCUT2D eigenvalue weighted by atomic mass is 35.5. The Labute approximate surface area is 183 Å². The van der Waals surface area contributed by atoms with Gasteiger partial charge in [0.05, 0.1) is 0 Å². The third-order valence-electron chi connectivity index (χ3n) is 4.23. The van der Waals surface area contributed by atoms with Gasteiger partial charge in [-0.1, -0.05) is 53.5 Å². The number of guanidine groups is 1. The number of carbonyl (C=O) groups is 3. The van der Waals surface area contributed by atoms with E-state index in [9.17, 15) is 14.4 Å². The number of nitrogens with one attached hydrogen (secondary N) is 2. The fourth-order valence-corrected chi connectivity index (χ4v) is 3.00.